The summed E-state index contributed by atoms with van der Waals surface area (Å²) in [5, 5.41) is 0. The third-order valence-corrected chi connectivity index (χ3v) is 5.00. The molecular formula is C21H31NO4. The molecule has 1 aliphatic heterocycles. The van der Waals surface area contributed by atoms with Crippen LogP contribution in [0.5, 0.6) is 0 Å². The van der Waals surface area contributed by atoms with Crippen molar-refractivity contribution in [3.63, 3.8) is 0 Å². The van der Waals surface area contributed by atoms with Gasteiger partial charge < -0.3 is 9.64 Å². The molecule has 2 aliphatic rings. The van der Waals surface area contributed by atoms with Gasteiger partial charge in [0.05, 0.1) is 6.10 Å². The number of likely N-dealkylation sites (tertiary alicyclic amines) is 1. The van der Waals surface area contributed by atoms with Crippen LogP contribution in [0.25, 0.3) is 0 Å². The second kappa shape index (κ2) is 9.70. The van der Waals surface area contributed by atoms with Gasteiger partial charge in [-0.05, 0) is 51.9 Å². The fourth-order valence-electron chi connectivity index (χ4n) is 3.37. The van der Waals surface area contributed by atoms with Gasteiger partial charge in [0, 0.05) is 12.5 Å². The van der Waals surface area contributed by atoms with E-state index in [4.69, 9.17) is 4.74 Å². The molecule has 0 bridgehead atoms. The van der Waals surface area contributed by atoms with Crippen molar-refractivity contribution in [1.29, 1.82) is 0 Å². The van der Waals surface area contributed by atoms with Gasteiger partial charge >= 0.3 is 5.97 Å². The number of piperidine rings is 1. The monoisotopic (exact) mass is 361 g/mol. The summed E-state index contributed by atoms with van der Waals surface area (Å²) in [7, 11) is 0. The summed E-state index contributed by atoms with van der Waals surface area (Å²) in [5.74, 6) is -1.73. The maximum Gasteiger partial charge on any atom is 0.329 e. The molecule has 2 unspecified atom stereocenters. The van der Waals surface area contributed by atoms with Crippen LogP contribution in [-0.4, -0.2) is 41.3 Å². The number of hydrogen-bond acceptors (Lipinski definition) is 4. The highest BCUT2D eigenvalue weighted by Gasteiger charge is 2.37. The largest absolute Gasteiger partial charge is 0.461 e. The molecule has 0 aromatic heterocycles. The molecule has 1 amide bonds. The van der Waals surface area contributed by atoms with Gasteiger partial charge in [-0.2, -0.15) is 0 Å². The van der Waals surface area contributed by atoms with Gasteiger partial charge in [-0.3, -0.25) is 9.59 Å². The molecule has 1 heterocycles. The van der Waals surface area contributed by atoms with Gasteiger partial charge in [0.1, 0.15) is 6.04 Å². The van der Waals surface area contributed by atoms with E-state index in [0.717, 1.165) is 38.5 Å². The number of carbonyl (C=O) groups excluding carboxylic acids is 3. The van der Waals surface area contributed by atoms with Crippen LogP contribution < -0.4 is 0 Å². The van der Waals surface area contributed by atoms with Crippen molar-refractivity contribution in [2.24, 2.45) is 5.92 Å². The highest BCUT2D eigenvalue weighted by Crippen LogP contribution is 2.22. The van der Waals surface area contributed by atoms with Crippen LogP contribution in [0.4, 0.5) is 0 Å². The number of amides is 1. The molecule has 26 heavy (non-hydrogen) atoms. The molecule has 0 aromatic rings. The van der Waals surface area contributed by atoms with Gasteiger partial charge in [-0.1, -0.05) is 37.6 Å². The lowest BCUT2D eigenvalue weighted by molar-refractivity contribution is -0.162. The Morgan fingerprint density at radius 1 is 1.19 bits per heavy atom. The first kappa shape index (κ1) is 20.4. The van der Waals surface area contributed by atoms with Crippen LogP contribution >= 0.6 is 0 Å². The van der Waals surface area contributed by atoms with E-state index in [2.05, 4.69) is 18.2 Å². The van der Waals surface area contributed by atoms with Crippen LogP contribution in [0.3, 0.4) is 0 Å². The normalized spacial score (nSPS) is 21.3. The Hall–Kier alpha value is -1.91. The highest BCUT2D eigenvalue weighted by atomic mass is 16.5. The molecular weight excluding hydrogens is 330 g/mol. The number of nitrogens with zero attached hydrogens (tertiary/aromatic N) is 1. The van der Waals surface area contributed by atoms with Crippen molar-refractivity contribution in [3.8, 4) is 0 Å². The van der Waals surface area contributed by atoms with Gasteiger partial charge in [-0.25, -0.2) is 4.79 Å². The molecule has 0 spiro atoms. The Bertz CT molecular complexity index is 591. The third-order valence-electron chi connectivity index (χ3n) is 5.00. The fraction of sp³-hybridized carbons (Fsp3) is 0.667. The SMILES string of the molecule is CC(CCC1=CCCC=C1)OC(=O)C1CCCCN1C(=O)C(=O)C(C)C. The lowest BCUT2D eigenvalue weighted by atomic mass is 9.99. The molecule has 144 valence electrons. The summed E-state index contributed by atoms with van der Waals surface area (Å²) in [6.07, 6.45) is 12.4. The average Bonchev–Trinajstić information content (AvgIpc) is 2.65. The van der Waals surface area contributed by atoms with Crippen molar-refractivity contribution in [2.45, 2.75) is 77.9 Å². The predicted molar refractivity (Wildman–Crippen MR) is 100 cm³/mol. The van der Waals surface area contributed by atoms with Crippen LogP contribution in [0.15, 0.2) is 23.8 Å². The molecule has 1 saturated heterocycles. The van der Waals surface area contributed by atoms with Gasteiger partial charge in [0.15, 0.2) is 0 Å². The lowest BCUT2D eigenvalue weighted by Gasteiger charge is -2.34. The predicted octanol–water partition coefficient (Wildman–Crippen LogP) is 3.58. The summed E-state index contributed by atoms with van der Waals surface area (Å²) in [6.45, 7) is 5.74. The Kier molecular flexibility index (Phi) is 7.61. The van der Waals surface area contributed by atoms with E-state index in [1.807, 2.05) is 6.92 Å². The summed E-state index contributed by atoms with van der Waals surface area (Å²) < 4.78 is 5.61. The van der Waals surface area contributed by atoms with Gasteiger partial charge in [0.2, 0.25) is 5.78 Å². The third kappa shape index (κ3) is 5.55. The summed E-state index contributed by atoms with van der Waals surface area (Å²) in [4.78, 5) is 38.5. The number of Topliss-reactive ketones (excluding diaryl/α,β-unsaturated/α-hetero) is 1. The van der Waals surface area contributed by atoms with Crippen molar-refractivity contribution in [3.05, 3.63) is 23.8 Å². The fourth-order valence-corrected chi connectivity index (χ4v) is 3.37. The summed E-state index contributed by atoms with van der Waals surface area (Å²) in [5.41, 5.74) is 1.29. The number of ketones is 1. The van der Waals surface area contributed by atoms with Crippen LogP contribution in [0.1, 0.15) is 65.7 Å². The smallest absolute Gasteiger partial charge is 0.329 e. The van der Waals surface area contributed by atoms with E-state index in [-0.39, 0.29) is 18.0 Å². The number of hydrogen-bond donors (Lipinski definition) is 0. The van der Waals surface area contributed by atoms with Gasteiger partial charge in [0.25, 0.3) is 5.91 Å². The topological polar surface area (TPSA) is 63.7 Å². The number of ether oxygens (including phenoxy) is 1. The molecule has 5 heteroatoms. The minimum atomic E-state index is -0.629. The zero-order chi connectivity index (χ0) is 19.1. The molecule has 1 aliphatic carbocycles. The quantitative estimate of drug-likeness (QED) is 0.513. The van der Waals surface area contributed by atoms with Crippen molar-refractivity contribution < 1.29 is 19.1 Å². The van der Waals surface area contributed by atoms with Crippen LogP contribution in [-0.2, 0) is 19.1 Å². The zero-order valence-corrected chi connectivity index (χ0v) is 16.2. The maximum absolute atomic E-state index is 12.6. The van der Waals surface area contributed by atoms with Crippen molar-refractivity contribution in [2.75, 3.05) is 6.54 Å². The van der Waals surface area contributed by atoms with E-state index in [1.54, 1.807) is 13.8 Å². The van der Waals surface area contributed by atoms with E-state index >= 15 is 0 Å². The standard InChI is InChI=1S/C21H31NO4/c1-15(2)19(23)20(24)22-14-8-7-11-18(22)21(25)26-16(3)12-13-17-9-5-4-6-10-17/h5,9-10,15-16,18H,4,6-8,11-14H2,1-3H3. The summed E-state index contributed by atoms with van der Waals surface area (Å²) in [6, 6.07) is -0.629. The first-order chi connectivity index (χ1) is 12.4. The van der Waals surface area contributed by atoms with Crippen molar-refractivity contribution in [1.82, 2.24) is 4.90 Å². The van der Waals surface area contributed by atoms with E-state index in [0.29, 0.717) is 13.0 Å². The van der Waals surface area contributed by atoms with E-state index in [1.165, 1.54) is 10.5 Å². The number of allylic oxidation sites excluding steroid dienone is 4. The van der Waals surface area contributed by atoms with Gasteiger partial charge in [-0.15, -0.1) is 0 Å². The molecule has 0 aromatic carbocycles. The van der Waals surface area contributed by atoms with Crippen LogP contribution in [0.2, 0.25) is 0 Å². The average molecular weight is 361 g/mol. The molecule has 0 N–H and O–H groups in total. The minimum Gasteiger partial charge on any atom is -0.461 e. The Labute approximate surface area is 156 Å². The Morgan fingerprint density at radius 3 is 2.62 bits per heavy atom. The number of rotatable bonds is 7. The molecule has 5 nitrogen and oxygen atoms in total. The lowest BCUT2D eigenvalue weighted by Crippen LogP contribution is -2.52. The Balaban J connectivity index is 1.90. The van der Waals surface area contributed by atoms with Crippen LogP contribution in [0, 0.1) is 5.92 Å². The minimum absolute atomic E-state index is 0.210. The van der Waals surface area contributed by atoms with Crippen molar-refractivity contribution >= 4 is 17.7 Å². The highest BCUT2D eigenvalue weighted by molar-refractivity contribution is 6.37. The molecule has 2 rings (SSSR count). The van der Waals surface area contributed by atoms with E-state index < -0.39 is 17.7 Å². The second-order valence-electron chi connectivity index (χ2n) is 7.57. The zero-order valence-electron chi connectivity index (χ0n) is 16.2. The Morgan fingerprint density at radius 2 is 1.96 bits per heavy atom. The molecule has 1 fully saturated rings. The molecule has 2 atom stereocenters. The second-order valence-corrected chi connectivity index (χ2v) is 7.57. The maximum atomic E-state index is 12.6. The molecule has 0 radical (unpaired) electrons. The molecule has 0 saturated carbocycles. The number of carbonyl (C=O) groups is 3. The summed E-state index contributed by atoms with van der Waals surface area (Å²) >= 11 is 0. The number of esters is 1. The first-order valence-electron chi connectivity index (χ1n) is 9.81. The van der Waals surface area contributed by atoms with E-state index in [9.17, 15) is 14.4 Å². The first-order valence-corrected chi connectivity index (χ1v) is 9.81.